The molecule has 1 fully saturated rings. The molecule has 0 N–H and O–H groups in total. The van der Waals surface area contributed by atoms with Crippen LogP contribution in [-0.4, -0.2) is 47.0 Å². The first kappa shape index (κ1) is 18.9. The SMILES string of the molecule is CC(=O)N1CCC(c2nc(C)c3c(n2)N(CCc2ccccc2)CCC3)CC1. The van der Waals surface area contributed by atoms with Crippen molar-refractivity contribution < 1.29 is 4.79 Å². The molecule has 1 aromatic heterocycles. The molecule has 28 heavy (non-hydrogen) atoms. The summed E-state index contributed by atoms with van der Waals surface area (Å²) in [5.41, 5.74) is 3.83. The molecule has 0 spiro atoms. The van der Waals surface area contributed by atoms with Crippen molar-refractivity contribution >= 4 is 11.7 Å². The molecule has 2 aliphatic rings. The predicted molar refractivity (Wildman–Crippen MR) is 112 cm³/mol. The summed E-state index contributed by atoms with van der Waals surface area (Å²) in [6, 6.07) is 10.7. The van der Waals surface area contributed by atoms with Gasteiger partial charge in [-0.15, -0.1) is 0 Å². The topological polar surface area (TPSA) is 49.3 Å². The van der Waals surface area contributed by atoms with Crippen molar-refractivity contribution in [1.82, 2.24) is 14.9 Å². The highest BCUT2D eigenvalue weighted by atomic mass is 16.2. The van der Waals surface area contributed by atoms with Gasteiger partial charge >= 0.3 is 0 Å². The largest absolute Gasteiger partial charge is 0.356 e. The molecule has 0 bridgehead atoms. The van der Waals surface area contributed by atoms with Gasteiger partial charge in [-0.3, -0.25) is 4.79 Å². The van der Waals surface area contributed by atoms with E-state index >= 15 is 0 Å². The second-order valence-electron chi connectivity index (χ2n) is 8.08. The van der Waals surface area contributed by atoms with Crippen molar-refractivity contribution in [2.45, 2.75) is 51.9 Å². The Balaban J connectivity index is 1.52. The van der Waals surface area contributed by atoms with E-state index in [9.17, 15) is 4.79 Å². The number of anilines is 1. The Kier molecular flexibility index (Phi) is 5.60. The van der Waals surface area contributed by atoms with Crippen LogP contribution in [0.3, 0.4) is 0 Å². The number of benzene rings is 1. The number of nitrogens with zero attached hydrogens (tertiary/aromatic N) is 4. The predicted octanol–water partition coefficient (Wildman–Crippen LogP) is 3.51. The molecule has 0 radical (unpaired) electrons. The van der Waals surface area contributed by atoms with Gasteiger partial charge in [0.2, 0.25) is 5.91 Å². The highest BCUT2D eigenvalue weighted by Crippen LogP contribution is 2.32. The molecule has 0 saturated carbocycles. The van der Waals surface area contributed by atoms with Crippen LogP contribution in [-0.2, 0) is 17.6 Å². The summed E-state index contributed by atoms with van der Waals surface area (Å²) >= 11 is 0. The molecule has 0 atom stereocenters. The van der Waals surface area contributed by atoms with E-state index in [1.165, 1.54) is 17.5 Å². The average Bonchev–Trinajstić information content (AvgIpc) is 2.73. The molecule has 5 nitrogen and oxygen atoms in total. The zero-order valence-electron chi connectivity index (χ0n) is 17.0. The number of aromatic nitrogens is 2. The van der Waals surface area contributed by atoms with Crippen molar-refractivity contribution in [3.63, 3.8) is 0 Å². The van der Waals surface area contributed by atoms with Gasteiger partial charge in [-0.05, 0) is 44.6 Å². The monoisotopic (exact) mass is 378 g/mol. The molecule has 148 valence electrons. The Morgan fingerprint density at radius 1 is 1.11 bits per heavy atom. The summed E-state index contributed by atoms with van der Waals surface area (Å²) in [4.78, 5) is 26.0. The standard InChI is InChI=1S/C23H30N4O/c1-17-21-9-6-13-27(14-10-19-7-4-3-5-8-19)23(21)25-22(24-17)20-11-15-26(16-12-20)18(2)28/h3-5,7-8,20H,6,9-16H2,1-2H3. The Hall–Kier alpha value is -2.43. The van der Waals surface area contributed by atoms with Gasteiger partial charge < -0.3 is 9.80 Å². The zero-order chi connectivity index (χ0) is 19.5. The first-order valence-electron chi connectivity index (χ1n) is 10.5. The minimum absolute atomic E-state index is 0.174. The second kappa shape index (κ2) is 8.29. The van der Waals surface area contributed by atoms with Gasteiger partial charge in [0.1, 0.15) is 11.6 Å². The maximum atomic E-state index is 11.6. The zero-order valence-corrected chi connectivity index (χ0v) is 17.0. The van der Waals surface area contributed by atoms with E-state index in [-0.39, 0.29) is 5.91 Å². The van der Waals surface area contributed by atoms with Gasteiger partial charge in [0, 0.05) is 50.3 Å². The van der Waals surface area contributed by atoms with E-state index in [0.29, 0.717) is 5.92 Å². The number of aryl methyl sites for hydroxylation is 1. The quantitative estimate of drug-likeness (QED) is 0.817. The van der Waals surface area contributed by atoms with E-state index < -0.39 is 0 Å². The van der Waals surface area contributed by atoms with Crippen LogP contribution in [0.1, 0.15) is 54.7 Å². The minimum atomic E-state index is 0.174. The summed E-state index contributed by atoms with van der Waals surface area (Å²) in [5, 5.41) is 0. The highest BCUT2D eigenvalue weighted by Gasteiger charge is 2.27. The molecule has 1 amide bonds. The van der Waals surface area contributed by atoms with Crippen LogP contribution in [0.15, 0.2) is 30.3 Å². The fraction of sp³-hybridized carbons (Fsp3) is 0.522. The van der Waals surface area contributed by atoms with Gasteiger partial charge in [0.25, 0.3) is 0 Å². The Labute approximate surface area is 167 Å². The fourth-order valence-electron chi connectivity index (χ4n) is 4.47. The Bertz CT molecular complexity index is 828. The molecule has 2 aliphatic heterocycles. The Morgan fingerprint density at radius 2 is 1.86 bits per heavy atom. The molecular weight excluding hydrogens is 348 g/mol. The summed E-state index contributed by atoms with van der Waals surface area (Å²) in [6.07, 6.45) is 5.20. The van der Waals surface area contributed by atoms with Crippen molar-refractivity contribution in [3.05, 3.63) is 53.0 Å². The number of carbonyl (C=O) groups excluding carboxylic acids is 1. The summed E-state index contributed by atoms with van der Waals surface area (Å²) < 4.78 is 0. The van der Waals surface area contributed by atoms with Crippen molar-refractivity contribution in [1.29, 1.82) is 0 Å². The number of fused-ring (bicyclic) bond motifs is 1. The van der Waals surface area contributed by atoms with Crippen LogP contribution < -0.4 is 4.90 Å². The lowest BCUT2D eigenvalue weighted by Gasteiger charge is -2.34. The van der Waals surface area contributed by atoms with Crippen molar-refractivity contribution in [2.24, 2.45) is 0 Å². The molecule has 1 aromatic carbocycles. The molecule has 3 heterocycles. The molecule has 1 saturated heterocycles. The number of piperidine rings is 1. The van der Waals surface area contributed by atoms with Gasteiger partial charge in [-0.2, -0.15) is 0 Å². The van der Waals surface area contributed by atoms with Crippen LogP contribution in [0.25, 0.3) is 0 Å². The Morgan fingerprint density at radius 3 is 2.57 bits per heavy atom. The average molecular weight is 379 g/mol. The number of hydrogen-bond donors (Lipinski definition) is 0. The third-order valence-electron chi connectivity index (χ3n) is 6.18. The first-order valence-corrected chi connectivity index (χ1v) is 10.5. The summed E-state index contributed by atoms with van der Waals surface area (Å²) in [7, 11) is 0. The van der Waals surface area contributed by atoms with Gasteiger partial charge in [0.05, 0.1) is 0 Å². The molecule has 4 rings (SSSR count). The molecular formula is C23H30N4O. The lowest BCUT2D eigenvalue weighted by Crippen LogP contribution is -2.37. The number of rotatable bonds is 4. The lowest BCUT2D eigenvalue weighted by molar-refractivity contribution is -0.129. The van der Waals surface area contributed by atoms with E-state index in [1.54, 1.807) is 6.92 Å². The number of amides is 1. The van der Waals surface area contributed by atoms with Crippen molar-refractivity contribution in [2.75, 3.05) is 31.1 Å². The fourth-order valence-corrected chi connectivity index (χ4v) is 4.47. The van der Waals surface area contributed by atoms with Gasteiger partial charge in [0.15, 0.2) is 0 Å². The van der Waals surface area contributed by atoms with E-state index in [0.717, 1.165) is 69.2 Å². The molecule has 0 unspecified atom stereocenters. The highest BCUT2D eigenvalue weighted by molar-refractivity contribution is 5.73. The van der Waals surface area contributed by atoms with Crippen LogP contribution in [0.4, 0.5) is 5.82 Å². The third kappa shape index (κ3) is 4.03. The maximum Gasteiger partial charge on any atom is 0.219 e. The van der Waals surface area contributed by atoms with E-state index in [4.69, 9.17) is 9.97 Å². The maximum absolute atomic E-state index is 11.6. The van der Waals surface area contributed by atoms with Crippen LogP contribution in [0.2, 0.25) is 0 Å². The second-order valence-corrected chi connectivity index (χ2v) is 8.08. The van der Waals surface area contributed by atoms with Gasteiger partial charge in [-0.1, -0.05) is 30.3 Å². The van der Waals surface area contributed by atoms with Crippen molar-refractivity contribution in [3.8, 4) is 0 Å². The molecule has 2 aromatic rings. The number of hydrogen-bond acceptors (Lipinski definition) is 4. The van der Waals surface area contributed by atoms with Crippen LogP contribution in [0, 0.1) is 6.92 Å². The first-order chi connectivity index (χ1) is 13.6. The normalized spacial score (nSPS) is 17.5. The summed E-state index contributed by atoms with van der Waals surface area (Å²) in [6.45, 7) is 7.49. The summed E-state index contributed by atoms with van der Waals surface area (Å²) in [5.74, 6) is 2.66. The number of carbonyl (C=O) groups is 1. The molecule has 5 heteroatoms. The molecule has 0 aliphatic carbocycles. The van der Waals surface area contributed by atoms with Gasteiger partial charge in [-0.25, -0.2) is 9.97 Å². The van der Waals surface area contributed by atoms with E-state index in [2.05, 4.69) is 42.2 Å². The smallest absolute Gasteiger partial charge is 0.219 e. The van der Waals surface area contributed by atoms with E-state index in [1.807, 2.05) is 4.90 Å². The lowest BCUT2D eigenvalue weighted by atomic mass is 9.95. The number of likely N-dealkylation sites (tertiary alicyclic amines) is 1. The third-order valence-corrected chi connectivity index (χ3v) is 6.18. The minimum Gasteiger partial charge on any atom is -0.356 e. The van der Waals surface area contributed by atoms with Crippen LogP contribution >= 0.6 is 0 Å². The van der Waals surface area contributed by atoms with Crippen LogP contribution in [0.5, 0.6) is 0 Å².